The van der Waals surface area contributed by atoms with Crippen LogP contribution in [0.15, 0.2) is 34.1 Å². The lowest BCUT2D eigenvalue weighted by Gasteiger charge is -2.35. The lowest BCUT2D eigenvalue weighted by atomic mass is 10.2. The number of rotatable bonds is 4. The molecule has 2 aromatic rings. The van der Waals surface area contributed by atoms with Crippen molar-refractivity contribution in [2.75, 3.05) is 31.1 Å². The minimum atomic E-state index is -0.581. The fourth-order valence-electron chi connectivity index (χ4n) is 2.71. The van der Waals surface area contributed by atoms with E-state index in [0.717, 1.165) is 29.5 Å². The van der Waals surface area contributed by atoms with Crippen molar-refractivity contribution in [1.29, 1.82) is 0 Å². The van der Waals surface area contributed by atoms with Crippen LogP contribution in [-0.4, -0.2) is 36.0 Å². The van der Waals surface area contributed by atoms with Gasteiger partial charge in [-0.3, -0.25) is 15.0 Å². The molecular weight excluding hydrogens is 385 g/mol. The van der Waals surface area contributed by atoms with Crippen molar-refractivity contribution >= 4 is 38.6 Å². The van der Waals surface area contributed by atoms with Crippen LogP contribution < -0.4 is 4.90 Å². The maximum absolute atomic E-state index is 13.2. The Bertz CT molecular complexity index is 716. The number of nitro groups is 1. The molecule has 1 aromatic carbocycles. The Morgan fingerprint density at radius 1 is 1.22 bits per heavy atom. The van der Waals surface area contributed by atoms with Crippen molar-refractivity contribution in [3.05, 3.63) is 54.9 Å². The molecule has 0 amide bonds. The zero-order valence-electron chi connectivity index (χ0n) is 12.2. The van der Waals surface area contributed by atoms with Gasteiger partial charge >= 0.3 is 0 Å². The van der Waals surface area contributed by atoms with Crippen LogP contribution in [0.3, 0.4) is 0 Å². The highest BCUT2D eigenvalue weighted by molar-refractivity contribution is 9.11. The topological polar surface area (TPSA) is 49.6 Å². The predicted octanol–water partition coefficient (Wildman–Crippen LogP) is 3.88. The summed E-state index contributed by atoms with van der Waals surface area (Å²) in [5, 5.41) is 11.1. The van der Waals surface area contributed by atoms with Gasteiger partial charge in [0.05, 0.1) is 14.8 Å². The average molecular weight is 400 g/mol. The predicted molar refractivity (Wildman–Crippen MR) is 92.6 cm³/mol. The van der Waals surface area contributed by atoms with Crippen LogP contribution in [0.4, 0.5) is 15.8 Å². The van der Waals surface area contributed by atoms with E-state index in [4.69, 9.17) is 0 Å². The maximum atomic E-state index is 13.2. The number of benzene rings is 1. The van der Waals surface area contributed by atoms with Gasteiger partial charge in [0.1, 0.15) is 11.5 Å². The van der Waals surface area contributed by atoms with E-state index in [1.165, 1.54) is 17.0 Å². The van der Waals surface area contributed by atoms with Crippen molar-refractivity contribution in [3.8, 4) is 0 Å². The fraction of sp³-hybridized carbons (Fsp3) is 0.333. The lowest BCUT2D eigenvalue weighted by Crippen LogP contribution is -2.46. The second-order valence-corrected chi connectivity index (χ2v) is 7.91. The Morgan fingerprint density at radius 3 is 2.57 bits per heavy atom. The first-order chi connectivity index (χ1) is 11.0. The van der Waals surface area contributed by atoms with Crippen LogP contribution in [0.2, 0.25) is 0 Å². The van der Waals surface area contributed by atoms with Gasteiger partial charge in [-0.15, -0.1) is 11.3 Å². The van der Waals surface area contributed by atoms with E-state index in [0.29, 0.717) is 18.8 Å². The summed E-state index contributed by atoms with van der Waals surface area (Å²) >= 11 is 5.18. The zero-order chi connectivity index (χ0) is 16.4. The van der Waals surface area contributed by atoms with Crippen molar-refractivity contribution in [1.82, 2.24) is 4.90 Å². The molecule has 23 heavy (non-hydrogen) atoms. The van der Waals surface area contributed by atoms with E-state index in [-0.39, 0.29) is 5.69 Å². The number of nitro benzene ring substituents is 1. The standard InChI is InChI=1S/C15H15BrFN3O2S/c16-15-4-2-12(23-15)10-18-5-7-19(8-6-18)13-3-1-11(17)9-14(13)20(21)22/h1-4,9H,5-8,10H2. The Kier molecular flexibility index (Phi) is 4.93. The molecule has 0 aliphatic carbocycles. The summed E-state index contributed by atoms with van der Waals surface area (Å²) in [4.78, 5) is 16.2. The second kappa shape index (κ2) is 6.94. The molecule has 0 N–H and O–H groups in total. The van der Waals surface area contributed by atoms with Crippen LogP contribution in [0.25, 0.3) is 0 Å². The molecule has 1 saturated heterocycles. The van der Waals surface area contributed by atoms with Gasteiger partial charge < -0.3 is 4.90 Å². The minimum absolute atomic E-state index is 0.166. The molecule has 0 saturated carbocycles. The highest BCUT2D eigenvalue weighted by Crippen LogP contribution is 2.30. The van der Waals surface area contributed by atoms with Crippen molar-refractivity contribution in [2.45, 2.75) is 6.54 Å². The maximum Gasteiger partial charge on any atom is 0.295 e. The molecule has 0 radical (unpaired) electrons. The number of nitrogens with zero attached hydrogens (tertiary/aromatic N) is 3. The van der Waals surface area contributed by atoms with Crippen molar-refractivity contribution in [3.63, 3.8) is 0 Å². The van der Waals surface area contributed by atoms with E-state index in [1.807, 2.05) is 11.0 Å². The largest absolute Gasteiger partial charge is 0.363 e. The summed E-state index contributed by atoms with van der Waals surface area (Å²) in [6.07, 6.45) is 0. The Hall–Kier alpha value is -1.51. The molecule has 8 heteroatoms. The van der Waals surface area contributed by atoms with Gasteiger partial charge in [0.15, 0.2) is 0 Å². The molecule has 3 rings (SSSR count). The Labute approximate surface area is 145 Å². The monoisotopic (exact) mass is 399 g/mol. The van der Waals surface area contributed by atoms with Crippen LogP contribution in [-0.2, 0) is 6.54 Å². The molecule has 0 bridgehead atoms. The smallest absolute Gasteiger partial charge is 0.295 e. The first-order valence-corrected chi connectivity index (χ1v) is 8.79. The van der Waals surface area contributed by atoms with E-state index < -0.39 is 10.7 Å². The molecule has 1 aromatic heterocycles. The number of anilines is 1. The normalized spacial score (nSPS) is 15.8. The molecule has 2 heterocycles. The van der Waals surface area contributed by atoms with Gasteiger partial charge in [0, 0.05) is 37.6 Å². The first kappa shape index (κ1) is 16.4. The second-order valence-electron chi connectivity index (χ2n) is 5.36. The summed E-state index contributed by atoms with van der Waals surface area (Å²) in [6, 6.07) is 7.91. The van der Waals surface area contributed by atoms with Gasteiger partial charge in [-0.2, -0.15) is 0 Å². The van der Waals surface area contributed by atoms with Gasteiger partial charge in [0.25, 0.3) is 5.69 Å². The first-order valence-electron chi connectivity index (χ1n) is 7.18. The quantitative estimate of drug-likeness (QED) is 0.578. The van der Waals surface area contributed by atoms with E-state index in [9.17, 15) is 14.5 Å². The molecule has 122 valence electrons. The molecule has 1 aliphatic rings. The third kappa shape index (κ3) is 3.88. The highest BCUT2D eigenvalue weighted by atomic mass is 79.9. The van der Waals surface area contributed by atoms with E-state index in [2.05, 4.69) is 26.9 Å². The van der Waals surface area contributed by atoms with Crippen molar-refractivity contribution < 1.29 is 9.31 Å². The number of halogens is 2. The Morgan fingerprint density at radius 2 is 1.96 bits per heavy atom. The van der Waals surface area contributed by atoms with Crippen LogP contribution in [0.5, 0.6) is 0 Å². The van der Waals surface area contributed by atoms with Crippen molar-refractivity contribution in [2.24, 2.45) is 0 Å². The lowest BCUT2D eigenvalue weighted by molar-refractivity contribution is -0.384. The van der Waals surface area contributed by atoms with Crippen LogP contribution in [0, 0.1) is 15.9 Å². The van der Waals surface area contributed by atoms with Gasteiger partial charge in [0.2, 0.25) is 0 Å². The highest BCUT2D eigenvalue weighted by Gasteiger charge is 2.24. The number of piperazine rings is 1. The minimum Gasteiger partial charge on any atom is -0.363 e. The van der Waals surface area contributed by atoms with E-state index in [1.54, 1.807) is 11.3 Å². The number of hydrogen-bond acceptors (Lipinski definition) is 5. The summed E-state index contributed by atoms with van der Waals surface area (Å²) in [7, 11) is 0. The molecule has 0 unspecified atom stereocenters. The summed E-state index contributed by atoms with van der Waals surface area (Å²) in [5.74, 6) is -0.581. The molecule has 0 spiro atoms. The Balaban J connectivity index is 1.66. The third-order valence-corrected chi connectivity index (χ3v) is 5.46. The summed E-state index contributed by atoms with van der Waals surface area (Å²) in [6.45, 7) is 3.92. The van der Waals surface area contributed by atoms with E-state index >= 15 is 0 Å². The molecular formula is C15H15BrFN3O2S. The third-order valence-electron chi connectivity index (χ3n) is 3.86. The van der Waals surface area contributed by atoms with Gasteiger partial charge in [-0.25, -0.2) is 4.39 Å². The van der Waals surface area contributed by atoms with Crippen LogP contribution in [0.1, 0.15) is 4.88 Å². The van der Waals surface area contributed by atoms with Gasteiger partial charge in [-0.05, 0) is 40.2 Å². The zero-order valence-corrected chi connectivity index (χ0v) is 14.6. The SMILES string of the molecule is O=[N+]([O-])c1cc(F)ccc1N1CCN(Cc2ccc(Br)s2)CC1. The number of hydrogen-bond donors (Lipinski definition) is 0. The summed E-state index contributed by atoms with van der Waals surface area (Å²) < 4.78 is 14.4. The molecule has 1 fully saturated rings. The summed E-state index contributed by atoms with van der Waals surface area (Å²) in [5.41, 5.74) is 0.329. The van der Waals surface area contributed by atoms with Crippen LogP contribution >= 0.6 is 27.3 Å². The fourth-order valence-corrected chi connectivity index (χ4v) is 4.24. The molecule has 1 aliphatic heterocycles. The number of thiophene rings is 1. The molecule has 0 atom stereocenters. The average Bonchev–Trinajstić information content (AvgIpc) is 2.93. The molecule has 5 nitrogen and oxygen atoms in total. The van der Waals surface area contributed by atoms with Gasteiger partial charge in [-0.1, -0.05) is 0 Å².